The van der Waals surface area contributed by atoms with Gasteiger partial charge in [0.15, 0.2) is 5.75 Å². The van der Waals surface area contributed by atoms with Crippen LogP contribution in [0.3, 0.4) is 0 Å². The summed E-state index contributed by atoms with van der Waals surface area (Å²) in [5, 5.41) is 4.44. The maximum absolute atomic E-state index is 13.1. The predicted octanol–water partition coefficient (Wildman–Crippen LogP) is 7.75. The molecule has 1 aromatic heterocycles. The standard InChI is InChI=1S/C34H36F3N3O5/c1-21(2)44-32-17-23(10-14-26(32)33(41)42-5)19-39(4)28-15-13-25(16-22(28)3)43-20-30-27(24-11-12-24)18-38-40(30)29-8-6-7-9-31(29)45-34(35,36)37/h6-10,13-18,21,24H,11-12,19-20H2,1-5H3. The maximum Gasteiger partial charge on any atom is 0.573 e. The molecular formula is C34H36F3N3O5. The van der Waals surface area contributed by atoms with Gasteiger partial charge >= 0.3 is 12.3 Å². The number of aryl methyl sites for hydroxylation is 1. The van der Waals surface area contributed by atoms with Crippen LogP contribution in [0.5, 0.6) is 17.2 Å². The summed E-state index contributed by atoms with van der Waals surface area (Å²) in [7, 11) is 3.31. The lowest BCUT2D eigenvalue weighted by Gasteiger charge is -2.23. The minimum absolute atomic E-state index is 0.113. The van der Waals surface area contributed by atoms with Gasteiger partial charge in [0, 0.05) is 24.8 Å². The third kappa shape index (κ3) is 7.71. The van der Waals surface area contributed by atoms with Crippen molar-refractivity contribution in [2.45, 2.75) is 65.1 Å². The normalized spacial score (nSPS) is 13.1. The first kappa shape index (κ1) is 31.7. The fourth-order valence-corrected chi connectivity index (χ4v) is 5.27. The highest BCUT2D eigenvalue weighted by Crippen LogP contribution is 2.43. The van der Waals surface area contributed by atoms with Crippen LogP contribution in [-0.4, -0.2) is 42.4 Å². The summed E-state index contributed by atoms with van der Waals surface area (Å²) >= 11 is 0. The Morgan fingerprint density at radius 2 is 1.82 bits per heavy atom. The van der Waals surface area contributed by atoms with Gasteiger partial charge in [0.1, 0.15) is 29.4 Å². The molecule has 0 atom stereocenters. The molecule has 1 heterocycles. The summed E-state index contributed by atoms with van der Waals surface area (Å²) in [4.78, 5) is 14.3. The summed E-state index contributed by atoms with van der Waals surface area (Å²) in [5.74, 6) is 0.611. The van der Waals surface area contributed by atoms with Gasteiger partial charge in [0.05, 0.1) is 25.1 Å². The van der Waals surface area contributed by atoms with Crippen molar-refractivity contribution >= 4 is 11.7 Å². The Labute approximate surface area is 260 Å². The number of carbonyl (C=O) groups excluding carboxylic acids is 1. The fraction of sp³-hybridized carbons (Fsp3) is 0.353. The molecular weight excluding hydrogens is 587 g/mol. The minimum atomic E-state index is -4.83. The predicted molar refractivity (Wildman–Crippen MR) is 163 cm³/mol. The fourth-order valence-electron chi connectivity index (χ4n) is 5.27. The van der Waals surface area contributed by atoms with Crippen molar-refractivity contribution < 1.29 is 36.9 Å². The van der Waals surface area contributed by atoms with Gasteiger partial charge in [-0.2, -0.15) is 5.10 Å². The summed E-state index contributed by atoms with van der Waals surface area (Å²) in [6, 6.07) is 17.2. The minimum Gasteiger partial charge on any atom is -0.490 e. The molecule has 1 aliphatic rings. The second kappa shape index (κ2) is 13.1. The van der Waals surface area contributed by atoms with Crippen molar-refractivity contribution in [2.75, 3.05) is 19.1 Å². The zero-order chi connectivity index (χ0) is 32.3. The van der Waals surface area contributed by atoms with Crippen LogP contribution in [0.2, 0.25) is 0 Å². The van der Waals surface area contributed by atoms with E-state index in [4.69, 9.17) is 14.2 Å². The zero-order valence-corrected chi connectivity index (χ0v) is 25.9. The van der Waals surface area contributed by atoms with Crippen LogP contribution in [0, 0.1) is 6.92 Å². The number of hydrogen-bond acceptors (Lipinski definition) is 7. The number of anilines is 1. The van der Waals surface area contributed by atoms with Crippen molar-refractivity contribution in [1.29, 1.82) is 0 Å². The van der Waals surface area contributed by atoms with Crippen LogP contribution >= 0.6 is 0 Å². The van der Waals surface area contributed by atoms with Crippen LogP contribution in [0.25, 0.3) is 5.69 Å². The first-order valence-electron chi connectivity index (χ1n) is 14.7. The molecule has 0 unspecified atom stereocenters. The van der Waals surface area contributed by atoms with Gasteiger partial charge in [-0.3, -0.25) is 0 Å². The number of halogens is 3. The van der Waals surface area contributed by atoms with E-state index in [2.05, 4.69) is 14.7 Å². The number of aromatic nitrogens is 2. The van der Waals surface area contributed by atoms with E-state index >= 15 is 0 Å². The SMILES string of the molecule is COC(=O)c1ccc(CN(C)c2ccc(OCc3c(C4CC4)cnn3-c3ccccc3OC(F)(F)F)cc2C)cc1OC(C)C. The Morgan fingerprint density at radius 1 is 1.07 bits per heavy atom. The number of methoxy groups -OCH3 is 1. The van der Waals surface area contributed by atoms with Crippen LogP contribution in [-0.2, 0) is 17.9 Å². The van der Waals surface area contributed by atoms with E-state index in [1.807, 2.05) is 58.2 Å². The van der Waals surface area contributed by atoms with E-state index in [1.54, 1.807) is 24.4 Å². The molecule has 0 spiro atoms. The van der Waals surface area contributed by atoms with Gasteiger partial charge in [-0.1, -0.05) is 18.2 Å². The molecule has 1 saturated carbocycles. The molecule has 238 valence electrons. The smallest absolute Gasteiger partial charge is 0.490 e. The van der Waals surface area contributed by atoms with Crippen molar-refractivity contribution in [2.24, 2.45) is 0 Å². The molecule has 3 aromatic carbocycles. The number of esters is 1. The molecule has 1 fully saturated rings. The highest BCUT2D eigenvalue weighted by atomic mass is 19.4. The summed E-state index contributed by atoms with van der Waals surface area (Å²) in [6.45, 7) is 6.45. The highest BCUT2D eigenvalue weighted by Gasteiger charge is 2.34. The number of para-hydroxylation sites is 2. The van der Waals surface area contributed by atoms with Gasteiger partial charge in [0.25, 0.3) is 0 Å². The van der Waals surface area contributed by atoms with E-state index in [-0.39, 0.29) is 24.1 Å². The molecule has 0 radical (unpaired) electrons. The van der Waals surface area contributed by atoms with E-state index in [1.165, 1.54) is 23.9 Å². The third-order valence-corrected chi connectivity index (χ3v) is 7.43. The quantitative estimate of drug-likeness (QED) is 0.149. The Bertz CT molecular complexity index is 1660. The Morgan fingerprint density at radius 3 is 2.49 bits per heavy atom. The van der Waals surface area contributed by atoms with Gasteiger partial charge in [-0.25, -0.2) is 9.48 Å². The largest absolute Gasteiger partial charge is 0.573 e. The zero-order valence-electron chi connectivity index (χ0n) is 25.9. The lowest BCUT2D eigenvalue weighted by molar-refractivity contribution is -0.274. The maximum atomic E-state index is 13.1. The molecule has 5 rings (SSSR count). The molecule has 0 aliphatic heterocycles. The first-order chi connectivity index (χ1) is 21.4. The molecule has 4 aromatic rings. The van der Waals surface area contributed by atoms with E-state index < -0.39 is 12.3 Å². The number of benzene rings is 3. The summed E-state index contributed by atoms with van der Waals surface area (Å²) < 4.78 is 62.1. The monoisotopic (exact) mass is 623 g/mol. The van der Waals surface area contributed by atoms with Crippen molar-refractivity contribution in [3.8, 4) is 22.9 Å². The molecule has 11 heteroatoms. The number of hydrogen-bond donors (Lipinski definition) is 0. The van der Waals surface area contributed by atoms with Crippen LogP contribution in [0.4, 0.5) is 18.9 Å². The summed E-state index contributed by atoms with van der Waals surface area (Å²) in [6.07, 6.45) is -1.24. The van der Waals surface area contributed by atoms with E-state index in [0.29, 0.717) is 35.2 Å². The van der Waals surface area contributed by atoms with Gasteiger partial charge in [-0.15, -0.1) is 13.2 Å². The van der Waals surface area contributed by atoms with Crippen molar-refractivity contribution in [3.05, 3.63) is 94.8 Å². The van der Waals surface area contributed by atoms with Crippen LogP contribution < -0.4 is 19.1 Å². The first-order valence-corrected chi connectivity index (χ1v) is 14.7. The topological polar surface area (TPSA) is 75.0 Å². The second-order valence-corrected chi connectivity index (χ2v) is 11.3. The number of nitrogens with zero attached hydrogens (tertiary/aromatic N) is 3. The lowest BCUT2D eigenvalue weighted by Crippen LogP contribution is -2.19. The van der Waals surface area contributed by atoms with Crippen LogP contribution in [0.15, 0.2) is 66.9 Å². The van der Waals surface area contributed by atoms with E-state index in [9.17, 15) is 18.0 Å². The highest BCUT2D eigenvalue weighted by molar-refractivity contribution is 5.92. The molecule has 0 amide bonds. The van der Waals surface area contributed by atoms with Gasteiger partial charge in [-0.05, 0) is 93.1 Å². The average molecular weight is 624 g/mol. The molecule has 45 heavy (non-hydrogen) atoms. The molecule has 0 bridgehead atoms. The van der Waals surface area contributed by atoms with E-state index in [0.717, 1.165) is 35.2 Å². The number of carbonyl (C=O) groups is 1. The van der Waals surface area contributed by atoms with Crippen LogP contribution in [0.1, 0.15) is 65.3 Å². The lowest BCUT2D eigenvalue weighted by atomic mass is 10.1. The molecule has 8 nitrogen and oxygen atoms in total. The Hall–Kier alpha value is -4.67. The molecule has 0 saturated heterocycles. The molecule has 1 aliphatic carbocycles. The average Bonchev–Trinajstić information content (AvgIpc) is 3.74. The Kier molecular flexibility index (Phi) is 9.27. The second-order valence-electron chi connectivity index (χ2n) is 11.3. The van der Waals surface area contributed by atoms with Gasteiger partial charge in [0.2, 0.25) is 0 Å². The Balaban J connectivity index is 1.33. The van der Waals surface area contributed by atoms with Crippen molar-refractivity contribution in [3.63, 3.8) is 0 Å². The third-order valence-electron chi connectivity index (χ3n) is 7.43. The summed E-state index contributed by atoms with van der Waals surface area (Å²) in [5.41, 5.74) is 5.12. The molecule has 0 N–H and O–H groups in total. The van der Waals surface area contributed by atoms with Crippen molar-refractivity contribution in [1.82, 2.24) is 9.78 Å². The van der Waals surface area contributed by atoms with Gasteiger partial charge < -0.3 is 23.8 Å². The number of rotatable bonds is 12. The number of ether oxygens (including phenoxy) is 4. The number of alkyl halides is 3.